The van der Waals surface area contributed by atoms with Crippen LogP contribution in [0.25, 0.3) is 6.08 Å². The minimum absolute atomic E-state index is 0.132. The first kappa shape index (κ1) is 18.9. The number of nitro groups is 1. The first-order valence-corrected chi connectivity index (χ1v) is 7.91. The van der Waals surface area contributed by atoms with Crippen LogP contribution in [0.1, 0.15) is 19.6 Å². The van der Waals surface area contributed by atoms with Gasteiger partial charge in [0.15, 0.2) is 6.10 Å². The van der Waals surface area contributed by atoms with Gasteiger partial charge in [-0.05, 0) is 38.1 Å². The van der Waals surface area contributed by atoms with Crippen molar-refractivity contribution in [2.24, 2.45) is 0 Å². The number of hydrogen-bond donors (Lipinski definition) is 0. The Labute approximate surface area is 149 Å². The molecule has 0 saturated carbocycles. The number of nitrogens with zero attached hydrogens (tertiary/aromatic N) is 2. The highest BCUT2D eigenvalue weighted by atomic mass is 16.6. The summed E-state index contributed by atoms with van der Waals surface area (Å²) in [7, 11) is 0. The van der Waals surface area contributed by atoms with Crippen LogP contribution in [-0.2, 0) is 14.3 Å². The first-order chi connectivity index (χ1) is 12.4. The molecule has 1 atom stereocenters. The molecule has 26 heavy (non-hydrogen) atoms. The number of amides is 1. The van der Waals surface area contributed by atoms with Gasteiger partial charge in [-0.15, -0.1) is 0 Å². The molecule has 0 aliphatic rings. The maximum Gasteiger partial charge on any atom is 0.433 e. The average Bonchev–Trinajstić information content (AvgIpc) is 3.11. The Kier molecular flexibility index (Phi) is 6.26. The highest BCUT2D eigenvalue weighted by Gasteiger charge is 2.23. The van der Waals surface area contributed by atoms with Crippen molar-refractivity contribution in [2.75, 3.05) is 11.4 Å². The highest BCUT2D eigenvalue weighted by Crippen LogP contribution is 2.17. The molecule has 1 heterocycles. The lowest BCUT2D eigenvalue weighted by Crippen LogP contribution is -2.39. The highest BCUT2D eigenvalue weighted by molar-refractivity contribution is 5.98. The molecule has 2 aromatic rings. The van der Waals surface area contributed by atoms with Gasteiger partial charge in [-0.1, -0.05) is 18.2 Å². The summed E-state index contributed by atoms with van der Waals surface area (Å²) in [5, 5.41) is 10.5. The zero-order chi connectivity index (χ0) is 19.1. The number of carbonyl (C=O) groups excluding carboxylic acids is 2. The fourth-order valence-electron chi connectivity index (χ4n) is 2.24. The van der Waals surface area contributed by atoms with E-state index in [1.807, 2.05) is 25.1 Å². The van der Waals surface area contributed by atoms with Crippen LogP contribution in [0, 0.1) is 10.1 Å². The third-order valence-corrected chi connectivity index (χ3v) is 3.47. The van der Waals surface area contributed by atoms with Crippen molar-refractivity contribution in [1.29, 1.82) is 0 Å². The van der Waals surface area contributed by atoms with Crippen LogP contribution in [0.2, 0.25) is 0 Å². The Bertz CT molecular complexity index is 812. The molecule has 0 fully saturated rings. The van der Waals surface area contributed by atoms with Crippen molar-refractivity contribution >= 4 is 29.5 Å². The Hall–Kier alpha value is -3.42. The van der Waals surface area contributed by atoms with Gasteiger partial charge in [-0.3, -0.25) is 14.9 Å². The number of hydrogen-bond acceptors (Lipinski definition) is 6. The maximum absolute atomic E-state index is 12.5. The minimum atomic E-state index is -0.988. The SMILES string of the molecule is CCN(C(=O)[C@@H](C)OC(=O)/C=C/c1ccc([N+](=O)[O-])o1)c1ccccc1. The van der Waals surface area contributed by atoms with E-state index in [4.69, 9.17) is 9.15 Å². The number of benzene rings is 1. The number of esters is 1. The lowest BCUT2D eigenvalue weighted by molar-refractivity contribution is -0.402. The minimum Gasteiger partial charge on any atom is -0.449 e. The van der Waals surface area contributed by atoms with Crippen LogP contribution >= 0.6 is 0 Å². The van der Waals surface area contributed by atoms with Crippen molar-refractivity contribution in [2.45, 2.75) is 20.0 Å². The number of rotatable bonds is 7. The average molecular weight is 358 g/mol. The molecule has 136 valence electrons. The second-order valence-electron chi connectivity index (χ2n) is 5.26. The van der Waals surface area contributed by atoms with Crippen LogP contribution < -0.4 is 4.90 Å². The topological polar surface area (TPSA) is 103 Å². The third kappa shape index (κ3) is 4.79. The van der Waals surface area contributed by atoms with Gasteiger partial charge in [-0.25, -0.2) is 4.79 Å². The standard InChI is InChI=1S/C18H18N2O6/c1-3-19(14-7-5-4-6-8-14)18(22)13(2)25-17(21)12-10-15-9-11-16(26-15)20(23)24/h4-13H,3H2,1-2H3/b12-10+/t13-/m1/s1. The van der Waals surface area contributed by atoms with E-state index >= 15 is 0 Å². The second kappa shape index (κ2) is 8.61. The number of ether oxygens (including phenoxy) is 1. The molecule has 0 radical (unpaired) electrons. The van der Waals surface area contributed by atoms with Crippen molar-refractivity contribution in [3.63, 3.8) is 0 Å². The predicted octanol–water partition coefficient (Wildman–Crippen LogP) is 3.19. The molecule has 1 amide bonds. The van der Waals surface area contributed by atoms with E-state index in [1.54, 1.807) is 12.1 Å². The molecular weight excluding hydrogens is 340 g/mol. The molecule has 1 aromatic heterocycles. The Morgan fingerprint density at radius 2 is 1.96 bits per heavy atom. The van der Waals surface area contributed by atoms with Crippen molar-refractivity contribution in [1.82, 2.24) is 0 Å². The molecule has 0 aliphatic carbocycles. The summed E-state index contributed by atoms with van der Waals surface area (Å²) >= 11 is 0. The Balaban J connectivity index is 1.97. The lowest BCUT2D eigenvalue weighted by Gasteiger charge is -2.24. The molecule has 8 heteroatoms. The summed E-state index contributed by atoms with van der Waals surface area (Å²) in [6.45, 7) is 3.73. The Morgan fingerprint density at radius 3 is 2.54 bits per heavy atom. The van der Waals surface area contributed by atoms with E-state index in [-0.39, 0.29) is 11.7 Å². The summed E-state index contributed by atoms with van der Waals surface area (Å²) in [6.07, 6.45) is 1.30. The van der Waals surface area contributed by atoms with Crippen LogP contribution in [0.4, 0.5) is 11.6 Å². The van der Waals surface area contributed by atoms with E-state index < -0.39 is 22.9 Å². The summed E-state index contributed by atoms with van der Waals surface area (Å²) in [4.78, 5) is 35.7. The first-order valence-electron chi connectivity index (χ1n) is 7.91. The van der Waals surface area contributed by atoms with Gasteiger partial charge in [-0.2, -0.15) is 0 Å². The van der Waals surface area contributed by atoms with Gasteiger partial charge < -0.3 is 14.1 Å². The molecule has 0 aliphatic heterocycles. The normalized spacial score (nSPS) is 11.9. The maximum atomic E-state index is 12.5. The zero-order valence-electron chi connectivity index (χ0n) is 14.3. The molecule has 2 rings (SSSR count). The lowest BCUT2D eigenvalue weighted by atomic mass is 10.2. The van der Waals surface area contributed by atoms with E-state index in [1.165, 1.54) is 30.0 Å². The quantitative estimate of drug-likeness (QED) is 0.326. The van der Waals surface area contributed by atoms with Crippen LogP contribution in [0.3, 0.4) is 0 Å². The number of likely N-dealkylation sites (N-methyl/N-ethyl adjacent to an activating group) is 1. The van der Waals surface area contributed by atoms with E-state index in [9.17, 15) is 19.7 Å². The third-order valence-electron chi connectivity index (χ3n) is 3.47. The second-order valence-corrected chi connectivity index (χ2v) is 5.26. The number of anilines is 1. The summed E-state index contributed by atoms with van der Waals surface area (Å²) in [5.74, 6) is -1.40. The summed E-state index contributed by atoms with van der Waals surface area (Å²) < 4.78 is 9.99. The van der Waals surface area contributed by atoms with Crippen LogP contribution in [0.5, 0.6) is 0 Å². The number of para-hydroxylation sites is 1. The molecule has 8 nitrogen and oxygen atoms in total. The van der Waals surface area contributed by atoms with Crippen molar-refractivity contribution < 1.29 is 23.7 Å². The van der Waals surface area contributed by atoms with Crippen molar-refractivity contribution in [3.8, 4) is 0 Å². The molecular formula is C18H18N2O6. The van der Waals surface area contributed by atoms with Gasteiger partial charge in [0, 0.05) is 18.3 Å². The van der Waals surface area contributed by atoms with E-state index in [2.05, 4.69) is 0 Å². The molecule has 1 aromatic carbocycles. The van der Waals surface area contributed by atoms with Gasteiger partial charge >= 0.3 is 11.9 Å². The monoisotopic (exact) mass is 358 g/mol. The van der Waals surface area contributed by atoms with Gasteiger partial charge in [0.2, 0.25) is 0 Å². The predicted molar refractivity (Wildman–Crippen MR) is 94.4 cm³/mol. The smallest absolute Gasteiger partial charge is 0.433 e. The molecule has 0 N–H and O–H groups in total. The number of furan rings is 1. The van der Waals surface area contributed by atoms with Gasteiger partial charge in [0.25, 0.3) is 5.91 Å². The molecule has 0 unspecified atom stereocenters. The van der Waals surface area contributed by atoms with Gasteiger partial charge in [0.05, 0.1) is 6.07 Å². The fourth-order valence-corrected chi connectivity index (χ4v) is 2.24. The molecule has 0 spiro atoms. The largest absolute Gasteiger partial charge is 0.449 e. The number of carbonyl (C=O) groups is 2. The summed E-state index contributed by atoms with van der Waals surface area (Å²) in [6, 6.07) is 11.6. The zero-order valence-corrected chi connectivity index (χ0v) is 14.3. The van der Waals surface area contributed by atoms with Crippen LogP contribution in [0.15, 0.2) is 53.0 Å². The van der Waals surface area contributed by atoms with E-state index in [0.717, 1.165) is 6.08 Å². The fraction of sp³-hybridized carbons (Fsp3) is 0.222. The van der Waals surface area contributed by atoms with E-state index in [0.29, 0.717) is 12.2 Å². The molecule has 0 saturated heterocycles. The van der Waals surface area contributed by atoms with Crippen LogP contribution in [-0.4, -0.2) is 29.4 Å². The van der Waals surface area contributed by atoms with Crippen molar-refractivity contribution in [3.05, 3.63) is 64.4 Å². The Morgan fingerprint density at radius 1 is 1.27 bits per heavy atom. The molecule has 0 bridgehead atoms. The van der Waals surface area contributed by atoms with Gasteiger partial charge in [0.1, 0.15) is 10.7 Å². The summed E-state index contributed by atoms with van der Waals surface area (Å²) in [5.41, 5.74) is 0.710.